The largest absolute Gasteiger partial charge is 0.369 e. The first-order valence-electron chi connectivity index (χ1n) is 9.00. The van der Waals surface area contributed by atoms with Gasteiger partial charge in [-0.1, -0.05) is 12.5 Å². The fourth-order valence-corrected chi connectivity index (χ4v) is 6.83. The number of epoxide rings is 1. The molecular weight excluding hydrogens is 260 g/mol. The van der Waals surface area contributed by atoms with Gasteiger partial charge in [0.05, 0.1) is 12.2 Å². The molecule has 114 valence electrons. The van der Waals surface area contributed by atoms with Crippen LogP contribution in [0.25, 0.3) is 0 Å². The van der Waals surface area contributed by atoms with Crippen molar-refractivity contribution in [2.24, 2.45) is 29.1 Å². The minimum absolute atomic E-state index is 0.279. The number of hydrogen-bond donors (Lipinski definition) is 0. The molecule has 21 heavy (non-hydrogen) atoms. The maximum atomic E-state index is 11.7. The average Bonchev–Trinajstić information content (AvgIpc) is 3.20. The molecular formula is C19H26O2. The lowest BCUT2D eigenvalue weighted by Gasteiger charge is -2.53. The molecule has 0 aromatic carbocycles. The van der Waals surface area contributed by atoms with Gasteiger partial charge in [-0.15, -0.1) is 0 Å². The molecule has 1 aliphatic heterocycles. The highest BCUT2D eigenvalue weighted by Gasteiger charge is 2.68. The van der Waals surface area contributed by atoms with Crippen LogP contribution in [0.2, 0.25) is 0 Å². The molecule has 3 saturated carbocycles. The van der Waals surface area contributed by atoms with Gasteiger partial charge in [0.25, 0.3) is 0 Å². The molecule has 5 rings (SSSR count). The van der Waals surface area contributed by atoms with Gasteiger partial charge in [0.2, 0.25) is 0 Å². The Hall–Kier alpha value is -0.630. The molecule has 1 saturated heterocycles. The molecule has 1 unspecified atom stereocenters. The smallest absolute Gasteiger partial charge is 0.155 e. The zero-order valence-electron chi connectivity index (χ0n) is 13.1. The normalized spacial score (nSPS) is 54.7. The molecule has 0 aromatic rings. The second-order valence-corrected chi connectivity index (χ2v) is 8.58. The quantitative estimate of drug-likeness (QED) is 0.632. The molecule has 1 spiro atoms. The third-order valence-electron chi connectivity index (χ3n) is 8.08. The second kappa shape index (κ2) is 4.01. The molecule has 0 bridgehead atoms. The number of hydrogen-bond acceptors (Lipinski definition) is 2. The van der Waals surface area contributed by atoms with Crippen LogP contribution in [0.3, 0.4) is 0 Å². The molecule has 4 fully saturated rings. The highest BCUT2D eigenvalue weighted by Crippen LogP contribution is 2.69. The summed E-state index contributed by atoms with van der Waals surface area (Å²) in [5.74, 6) is 3.78. The van der Waals surface area contributed by atoms with Crippen LogP contribution < -0.4 is 0 Å². The number of allylic oxidation sites excluding steroid dienone is 1. The van der Waals surface area contributed by atoms with E-state index in [0.29, 0.717) is 11.2 Å². The lowest BCUT2D eigenvalue weighted by molar-refractivity contribution is -0.116. The third-order valence-corrected chi connectivity index (χ3v) is 8.08. The standard InChI is InChI=1S/C19H26O2/c1-18-8-6-15-14-5-3-13(20)10-12(14)2-4-16(15)17(18)7-9-19(18)11-21-19/h10,14-17H,2-9,11H2,1H3/t14?,15-,16-,17+,18+,19-/m1/s1. The van der Waals surface area contributed by atoms with E-state index in [0.717, 1.165) is 43.1 Å². The summed E-state index contributed by atoms with van der Waals surface area (Å²) in [6.07, 6.45) is 11.9. The van der Waals surface area contributed by atoms with Crippen molar-refractivity contribution in [1.29, 1.82) is 0 Å². The molecule has 6 atom stereocenters. The van der Waals surface area contributed by atoms with Gasteiger partial charge in [-0.3, -0.25) is 4.79 Å². The second-order valence-electron chi connectivity index (χ2n) is 8.58. The van der Waals surface area contributed by atoms with Crippen molar-refractivity contribution >= 4 is 5.78 Å². The molecule has 4 aliphatic carbocycles. The number of fused-ring (bicyclic) bond motifs is 6. The van der Waals surface area contributed by atoms with Crippen LogP contribution in [0.5, 0.6) is 0 Å². The van der Waals surface area contributed by atoms with Crippen molar-refractivity contribution < 1.29 is 9.53 Å². The number of carbonyl (C=O) groups excluding carboxylic acids is 1. The highest BCUT2D eigenvalue weighted by molar-refractivity contribution is 5.91. The van der Waals surface area contributed by atoms with Crippen molar-refractivity contribution in [2.75, 3.05) is 6.61 Å². The molecule has 0 amide bonds. The van der Waals surface area contributed by atoms with Gasteiger partial charge < -0.3 is 4.74 Å². The SMILES string of the molecule is C[C@]12CC[C@@H]3C4CCC(=O)C=C4CC[C@H]3[C@@H]1CC[C@@]21CO1. The van der Waals surface area contributed by atoms with Crippen LogP contribution in [0.1, 0.15) is 58.3 Å². The minimum Gasteiger partial charge on any atom is -0.369 e. The van der Waals surface area contributed by atoms with E-state index in [1.807, 2.05) is 6.08 Å². The fourth-order valence-electron chi connectivity index (χ4n) is 6.83. The van der Waals surface area contributed by atoms with Crippen molar-refractivity contribution in [2.45, 2.75) is 63.9 Å². The molecule has 2 nitrogen and oxygen atoms in total. The van der Waals surface area contributed by atoms with E-state index >= 15 is 0 Å². The Morgan fingerprint density at radius 3 is 2.76 bits per heavy atom. The van der Waals surface area contributed by atoms with Crippen molar-refractivity contribution in [3.63, 3.8) is 0 Å². The van der Waals surface area contributed by atoms with Crippen LogP contribution in [0.15, 0.2) is 11.6 Å². The van der Waals surface area contributed by atoms with E-state index in [-0.39, 0.29) is 5.60 Å². The molecule has 5 aliphatic rings. The van der Waals surface area contributed by atoms with Crippen molar-refractivity contribution in [1.82, 2.24) is 0 Å². The Balaban J connectivity index is 1.47. The number of ether oxygens (including phenoxy) is 1. The topological polar surface area (TPSA) is 29.6 Å². The van der Waals surface area contributed by atoms with Crippen molar-refractivity contribution in [3.05, 3.63) is 11.6 Å². The van der Waals surface area contributed by atoms with Gasteiger partial charge in [0.1, 0.15) is 0 Å². The summed E-state index contributed by atoms with van der Waals surface area (Å²) < 4.78 is 5.97. The number of carbonyl (C=O) groups is 1. The summed E-state index contributed by atoms with van der Waals surface area (Å²) in [6, 6.07) is 0. The predicted molar refractivity (Wildman–Crippen MR) is 80.8 cm³/mol. The first-order valence-corrected chi connectivity index (χ1v) is 9.00. The van der Waals surface area contributed by atoms with Crippen molar-refractivity contribution in [3.8, 4) is 0 Å². The first kappa shape index (κ1) is 12.9. The minimum atomic E-state index is 0.279. The van der Waals surface area contributed by atoms with Crippen LogP contribution in [-0.4, -0.2) is 18.0 Å². The Morgan fingerprint density at radius 1 is 1.10 bits per heavy atom. The zero-order valence-corrected chi connectivity index (χ0v) is 13.1. The Labute approximate surface area is 127 Å². The van der Waals surface area contributed by atoms with Crippen LogP contribution in [0, 0.1) is 29.1 Å². The van der Waals surface area contributed by atoms with Crippen LogP contribution >= 0.6 is 0 Å². The molecule has 0 radical (unpaired) electrons. The van der Waals surface area contributed by atoms with Gasteiger partial charge in [0.15, 0.2) is 5.78 Å². The van der Waals surface area contributed by atoms with E-state index in [4.69, 9.17) is 4.74 Å². The highest BCUT2D eigenvalue weighted by atomic mass is 16.6. The number of rotatable bonds is 0. The summed E-state index contributed by atoms with van der Waals surface area (Å²) in [5, 5.41) is 0. The molecule has 1 heterocycles. The van der Waals surface area contributed by atoms with E-state index in [9.17, 15) is 4.79 Å². The summed E-state index contributed by atoms with van der Waals surface area (Å²) in [5.41, 5.74) is 2.24. The lowest BCUT2D eigenvalue weighted by atomic mass is 9.51. The Morgan fingerprint density at radius 2 is 1.95 bits per heavy atom. The van der Waals surface area contributed by atoms with Gasteiger partial charge in [-0.25, -0.2) is 0 Å². The van der Waals surface area contributed by atoms with Crippen LogP contribution in [0.4, 0.5) is 0 Å². The van der Waals surface area contributed by atoms with Gasteiger partial charge >= 0.3 is 0 Å². The summed E-state index contributed by atoms with van der Waals surface area (Å²) in [6.45, 7) is 3.56. The van der Waals surface area contributed by atoms with E-state index in [2.05, 4.69) is 6.92 Å². The fraction of sp³-hybridized carbons (Fsp3) is 0.842. The monoisotopic (exact) mass is 286 g/mol. The average molecular weight is 286 g/mol. The predicted octanol–water partition coefficient (Wildman–Crippen LogP) is 3.90. The summed E-state index contributed by atoms with van der Waals surface area (Å²) in [4.78, 5) is 11.7. The van der Waals surface area contributed by atoms with E-state index in [1.165, 1.54) is 44.1 Å². The zero-order chi connectivity index (χ0) is 14.2. The van der Waals surface area contributed by atoms with Gasteiger partial charge in [-0.2, -0.15) is 0 Å². The van der Waals surface area contributed by atoms with Gasteiger partial charge in [0, 0.05) is 11.8 Å². The summed E-state index contributed by atoms with van der Waals surface area (Å²) >= 11 is 0. The Kier molecular flexibility index (Phi) is 2.46. The maximum absolute atomic E-state index is 11.7. The van der Waals surface area contributed by atoms with Gasteiger partial charge in [-0.05, 0) is 74.7 Å². The Bertz CT molecular complexity index is 530. The van der Waals surface area contributed by atoms with E-state index in [1.54, 1.807) is 0 Å². The summed E-state index contributed by atoms with van der Waals surface area (Å²) in [7, 11) is 0. The van der Waals surface area contributed by atoms with Crippen LogP contribution in [-0.2, 0) is 9.53 Å². The third kappa shape index (κ3) is 1.55. The maximum Gasteiger partial charge on any atom is 0.155 e. The number of ketones is 1. The first-order chi connectivity index (χ1) is 10.1. The van der Waals surface area contributed by atoms with E-state index < -0.39 is 0 Å². The lowest BCUT2D eigenvalue weighted by Crippen LogP contribution is -2.48. The molecule has 0 N–H and O–H groups in total. The molecule has 0 aromatic heterocycles. The molecule has 2 heteroatoms.